The number of rotatable bonds is 4. The van der Waals surface area contributed by atoms with Gasteiger partial charge in [0.25, 0.3) is 0 Å². The van der Waals surface area contributed by atoms with E-state index in [2.05, 4.69) is 0 Å². The first-order valence-corrected chi connectivity index (χ1v) is 5.89. The average Bonchev–Trinajstić information content (AvgIpc) is 2.20. The Hall–Kier alpha value is -0.440. The van der Waals surface area contributed by atoms with Crippen LogP contribution >= 0.6 is 23.2 Å². The zero-order valence-corrected chi connectivity index (χ0v) is 11.1. The van der Waals surface area contributed by atoms with Crippen molar-refractivity contribution >= 4 is 23.2 Å². The van der Waals surface area contributed by atoms with Crippen molar-refractivity contribution in [3.05, 3.63) is 28.2 Å². The Morgan fingerprint density at radius 2 is 2.00 bits per heavy atom. The van der Waals surface area contributed by atoms with Crippen molar-refractivity contribution in [3.8, 4) is 5.75 Å². The Bertz CT molecular complexity index is 362. The van der Waals surface area contributed by atoms with Crippen LogP contribution in [0, 0.1) is 5.92 Å². The van der Waals surface area contributed by atoms with Crippen LogP contribution in [0.15, 0.2) is 18.2 Å². The lowest BCUT2D eigenvalue weighted by molar-refractivity contribution is -0.0266. The van der Waals surface area contributed by atoms with Gasteiger partial charge >= 0.3 is 0 Å². The van der Waals surface area contributed by atoms with E-state index in [9.17, 15) is 5.11 Å². The molecule has 2 nitrogen and oxygen atoms in total. The van der Waals surface area contributed by atoms with Crippen LogP contribution in [0.25, 0.3) is 0 Å². The maximum atomic E-state index is 10.0. The summed E-state index contributed by atoms with van der Waals surface area (Å²) in [6.45, 7) is 5.78. The molecule has 0 aliphatic heterocycles. The van der Waals surface area contributed by atoms with E-state index in [-0.39, 0.29) is 12.5 Å². The Kier molecular flexibility index (Phi) is 4.48. The molecule has 90 valence electrons. The third-order valence-electron chi connectivity index (χ3n) is 2.68. The second-order valence-corrected chi connectivity index (χ2v) is 5.14. The number of benzene rings is 1. The Balaban J connectivity index is 2.72. The molecule has 1 aromatic carbocycles. The van der Waals surface area contributed by atoms with Crippen LogP contribution in [0.5, 0.6) is 5.75 Å². The normalized spacial score (nSPS) is 14.9. The topological polar surface area (TPSA) is 29.5 Å². The highest BCUT2D eigenvalue weighted by Crippen LogP contribution is 2.32. The fourth-order valence-corrected chi connectivity index (χ4v) is 1.33. The summed E-state index contributed by atoms with van der Waals surface area (Å²) in [6.07, 6.45) is 0. The van der Waals surface area contributed by atoms with Crippen LogP contribution in [0.2, 0.25) is 10.0 Å². The summed E-state index contributed by atoms with van der Waals surface area (Å²) < 4.78 is 5.48. The van der Waals surface area contributed by atoms with Gasteiger partial charge in [-0.25, -0.2) is 0 Å². The lowest BCUT2D eigenvalue weighted by Crippen LogP contribution is -2.37. The standard InChI is InChI=1S/C12H16Cl2O2/c1-8(2)12(3,15)7-16-10-6-4-5-9(13)11(10)14/h4-6,8,15H,7H2,1-3H3. The molecule has 0 saturated carbocycles. The smallest absolute Gasteiger partial charge is 0.139 e. The molecule has 1 rings (SSSR count). The molecule has 0 spiro atoms. The lowest BCUT2D eigenvalue weighted by atomic mass is 9.94. The fourth-order valence-electron chi connectivity index (χ4n) is 0.986. The first-order chi connectivity index (χ1) is 7.34. The molecule has 16 heavy (non-hydrogen) atoms. The van der Waals surface area contributed by atoms with E-state index in [4.69, 9.17) is 27.9 Å². The highest BCUT2D eigenvalue weighted by molar-refractivity contribution is 6.42. The molecule has 1 atom stereocenters. The van der Waals surface area contributed by atoms with Crippen molar-refractivity contribution < 1.29 is 9.84 Å². The van der Waals surface area contributed by atoms with Gasteiger partial charge in [0.2, 0.25) is 0 Å². The summed E-state index contributed by atoms with van der Waals surface area (Å²) in [6, 6.07) is 5.18. The van der Waals surface area contributed by atoms with Gasteiger partial charge < -0.3 is 9.84 Å². The molecule has 0 aromatic heterocycles. The van der Waals surface area contributed by atoms with Gasteiger partial charge in [-0.1, -0.05) is 43.1 Å². The molecule has 0 radical (unpaired) electrons. The van der Waals surface area contributed by atoms with E-state index in [0.717, 1.165) is 0 Å². The minimum Gasteiger partial charge on any atom is -0.489 e. The van der Waals surface area contributed by atoms with E-state index in [1.54, 1.807) is 25.1 Å². The minimum absolute atomic E-state index is 0.102. The van der Waals surface area contributed by atoms with Gasteiger partial charge in [-0.3, -0.25) is 0 Å². The number of aliphatic hydroxyl groups is 1. The molecule has 1 unspecified atom stereocenters. The SMILES string of the molecule is CC(C)C(C)(O)COc1cccc(Cl)c1Cl. The minimum atomic E-state index is -0.883. The van der Waals surface area contributed by atoms with E-state index in [1.165, 1.54) is 0 Å². The molecule has 0 fully saturated rings. The molecule has 0 saturated heterocycles. The summed E-state index contributed by atoms with van der Waals surface area (Å²) in [4.78, 5) is 0. The van der Waals surface area contributed by atoms with Crippen molar-refractivity contribution in [1.82, 2.24) is 0 Å². The number of ether oxygens (including phenoxy) is 1. The summed E-state index contributed by atoms with van der Waals surface area (Å²) >= 11 is 11.8. The van der Waals surface area contributed by atoms with Gasteiger partial charge in [0.1, 0.15) is 17.4 Å². The van der Waals surface area contributed by atoms with Gasteiger partial charge in [-0.15, -0.1) is 0 Å². The molecule has 0 amide bonds. The molecular weight excluding hydrogens is 247 g/mol. The lowest BCUT2D eigenvalue weighted by Gasteiger charge is -2.27. The van der Waals surface area contributed by atoms with E-state index < -0.39 is 5.60 Å². The van der Waals surface area contributed by atoms with E-state index >= 15 is 0 Å². The third kappa shape index (κ3) is 3.27. The molecule has 4 heteroatoms. The van der Waals surface area contributed by atoms with Crippen molar-refractivity contribution in [3.63, 3.8) is 0 Å². The molecule has 0 bridgehead atoms. The third-order valence-corrected chi connectivity index (χ3v) is 3.48. The highest BCUT2D eigenvalue weighted by Gasteiger charge is 2.26. The van der Waals surface area contributed by atoms with Gasteiger partial charge in [0.05, 0.1) is 10.6 Å². The summed E-state index contributed by atoms with van der Waals surface area (Å²) in [7, 11) is 0. The van der Waals surface area contributed by atoms with E-state index in [1.807, 2.05) is 13.8 Å². The fraction of sp³-hybridized carbons (Fsp3) is 0.500. The maximum absolute atomic E-state index is 10.0. The van der Waals surface area contributed by atoms with Crippen LogP contribution in [-0.4, -0.2) is 17.3 Å². The highest BCUT2D eigenvalue weighted by atomic mass is 35.5. The van der Waals surface area contributed by atoms with Crippen molar-refractivity contribution in [1.29, 1.82) is 0 Å². The Labute approximate surface area is 106 Å². The van der Waals surface area contributed by atoms with Gasteiger partial charge in [0, 0.05) is 0 Å². The quantitative estimate of drug-likeness (QED) is 0.895. The van der Waals surface area contributed by atoms with Crippen molar-refractivity contribution in [2.75, 3.05) is 6.61 Å². The van der Waals surface area contributed by atoms with Crippen LogP contribution in [0.4, 0.5) is 0 Å². The van der Waals surface area contributed by atoms with E-state index in [0.29, 0.717) is 15.8 Å². The average molecular weight is 263 g/mol. The number of halogens is 2. The van der Waals surface area contributed by atoms with Crippen molar-refractivity contribution in [2.24, 2.45) is 5.92 Å². The maximum Gasteiger partial charge on any atom is 0.139 e. The molecule has 1 N–H and O–H groups in total. The summed E-state index contributed by atoms with van der Waals surface area (Å²) in [5.41, 5.74) is -0.883. The zero-order valence-electron chi connectivity index (χ0n) is 9.63. The molecular formula is C12H16Cl2O2. The van der Waals surface area contributed by atoms with Gasteiger partial charge in [0.15, 0.2) is 0 Å². The first-order valence-electron chi connectivity index (χ1n) is 5.14. The van der Waals surface area contributed by atoms with Crippen LogP contribution in [-0.2, 0) is 0 Å². The molecule has 0 heterocycles. The van der Waals surface area contributed by atoms with Crippen LogP contribution in [0.3, 0.4) is 0 Å². The van der Waals surface area contributed by atoms with Gasteiger partial charge in [-0.2, -0.15) is 0 Å². The largest absolute Gasteiger partial charge is 0.489 e. The van der Waals surface area contributed by atoms with Crippen LogP contribution in [0.1, 0.15) is 20.8 Å². The summed E-state index contributed by atoms with van der Waals surface area (Å²) in [5.74, 6) is 0.598. The van der Waals surface area contributed by atoms with Crippen LogP contribution < -0.4 is 4.74 Å². The zero-order chi connectivity index (χ0) is 12.3. The Morgan fingerprint density at radius 1 is 1.38 bits per heavy atom. The predicted molar refractivity (Wildman–Crippen MR) is 67.4 cm³/mol. The monoisotopic (exact) mass is 262 g/mol. The second kappa shape index (κ2) is 5.26. The number of hydrogen-bond donors (Lipinski definition) is 1. The Morgan fingerprint density at radius 3 is 2.56 bits per heavy atom. The predicted octanol–water partition coefficient (Wildman–Crippen LogP) is 3.78. The molecule has 1 aromatic rings. The first kappa shape index (κ1) is 13.6. The van der Waals surface area contributed by atoms with Crippen molar-refractivity contribution in [2.45, 2.75) is 26.4 Å². The van der Waals surface area contributed by atoms with Gasteiger partial charge in [-0.05, 0) is 25.0 Å². The molecule has 0 aliphatic carbocycles. The summed E-state index contributed by atoms with van der Waals surface area (Å²) in [5, 5.41) is 10.8. The number of hydrogen-bond acceptors (Lipinski definition) is 2. The second-order valence-electron chi connectivity index (χ2n) is 4.35. The molecule has 0 aliphatic rings.